The number of aromatic nitrogens is 4. The summed E-state index contributed by atoms with van der Waals surface area (Å²) in [5.74, 6) is -0.597. The van der Waals surface area contributed by atoms with Gasteiger partial charge in [-0.15, -0.1) is 0 Å². The van der Waals surface area contributed by atoms with Gasteiger partial charge in [-0.1, -0.05) is 0 Å². The van der Waals surface area contributed by atoms with Crippen molar-refractivity contribution in [2.75, 3.05) is 31.1 Å². The molecule has 0 radical (unpaired) electrons. The molecule has 1 aliphatic heterocycles. The number of piperazine rings is 1. The minimum atomic E-state index is -0.527. The fourth-order valence-electron chi connectivity index (χ4n) is 3.71. The van der Waals surface area contributed by atoms with E-state index < -0.39 is 5.82 Å². The molecule has 1 aliphatic rings. The van der Waals surface area contributed by atoms with Gasteiger partial charge in [-0.05, 0) is 25.1 Å². The van der Waals surface area contributed by atoms with Crippen LogP contribution in [0.15, 0.2) is 43.0 Å². The van der Waals surface area contributed by atoms with E-state index in [1.165, 1.54) is 10.5 Å². The molecule has 7 nitrogen and oxygen atoms in total. The Labute approximate surface area is 160 Å². The van der Waals surface area contributed by atoms with E-state index in [-0.39, 0.29) is 22.8 Å². The molecule has 1 N–H and O–H groups in total. The molecular weight excluding hydrogens is 359 g/mol. The minimum absolute atomic E-state index is 0.211. The maximum Gasteiger partial charge on any atom is 0.230 e. The van der Waals surface area contributed by atoms with Crippen LogP contribution in [0.5, 0.6) is 0 Å². The summed E-state index contributed by atoms with van der Waals surface area (Å²) in [5, 5.41) is 3.34. The van der Waals surface area contributed by atoms with Crippen molar-refractivity contribution in [1.29, 1.82) is 0 Å². The van der Waals surface area contributed by atoms with E-state index in [1.54, 1.807) is 29.9 Å². The van der Waals surface area contributed by atoms with Crippen molar-refractivity contribution in [2.24, 2.45) is 0 Å². The SMILES string of the molecule is Cc1cn2cc(C(=O)c3ncc4cc(N5CCNCC5)ccn34)cc(F)c2n1. The molecule has 8 heteroatoms. The van der Waals surface area contributed by atoms with Crippen molar-refractivity contribution in [3.63, 3.8) is 0 Å². The van der Waals surface area contributed by atoms with Crippen molar-refractivity contribution < 1.29 is 9.18 Å². The lowest BCUT2D eigenvalue weighted by Gasteiger charge is -2.29. The molecule has 5 heterocycles. The lowest BCUT2D eigenvalue weighted by atomic mass is 10.1. The summed E-state index contributed by atoms with van der Waals surface area (Å²) in [6, 6.07) is 5.23. The van der Waals surface area contributed by atoms with Crippen LogP contribution in [0.2, 0.25) is 0 Å². The second kappa shape index (κ2) is 6.42. The molecule has 1 fully saturated rings. The number of aryl methyl sites for hydroxylation is 1. The largest absolute Gasteiger partial charge is 0.369 e. The molecule has 28 heavy (non-hydrogen) atoms. The van der Waals surface area contributed by atoms with Gasteiger partial charge in [0.25, 0.3) is 0 Å². The average molecular weight is 378 g/mol. The van der Waals surface area contributed by atoms with Gasteiger partial charge in [-0.2, -0.15) is 0 Å². The zero-order valence-electron chi connectivity index (χ0n) is 15.4. The highest BCUT2D eigenvalue weighted by molar-refractivity contribution is 6.07. The van der Waals surface area contributed by atoms with Gasteiger partial charge in [0.1, 0.15) is 0 Å². The highest BCUT2D eigenvalue weighted by Gasteiger charge is 2.19. The Morgan fingerprint density at radius 1 is 1.21 bits per heavy atom. The van der Waals surface area contributed by atoms with Crippen molar-refractivity contribution in [3.05, 3.63) is 65.9 Å². The number of halogens is 1. The Morgan fingerprint density at radius 2 is 2.04 bits per heavy atom. The first-order valence-electron chi connectivity index (χ1n) is 9.22. The Balaban J connectivity index is 1.53. The van der Waals surface area contributed by atoms with E-state index in [1.807, 2.05) is 18.3 Å². The summed E-state index contributed by atoms with van der Waals surface area (Å²) in [5.41, 5.74) is 3.08. The lowest BCUT2D eigenvalue weighted by Crippen LogP contribution is -2.43. The zero-order chi connectivity index (χ0) is 19.3. The molecular formula is C20H19FN6O. The third-order valence-electron chi connectivity index (χ3n) is 5.09. The molecule has 0 amide bonds. The predicted molar refractivity (Wildman–Crippen MR) is 104 cm³/mol. The summed E-state index contributed by atoms with van der Waals surface area (Å²) >= 11 is 0. The van der Waals surface area contributed by atoms with Crippen molar-refractivity contribution in [2.45, 2.75) is 6.92 Å². The van der Waals surface area contributed by atoms with E-state index in [0.717, 1.165) is 37.4 Å². The monoisotopic (exact) mass is 378 g/mol. The number of rotatable bonds is 3. The molecule has 0 spiro atoms. The standard InChI is InChI=1S/C20H19FN6O/c1-13-11-26-12-14(8-17(21)19(26)24-13)18(28)20-23-10-16-9-15(2-5-27(16)20)25-6-3-22-4-7-25/h2,5,8-12,22H,3-4,6-7H2,1H3. The number of carbonyl (C=O) groups excluding carboxylic acids is 1. The molecule has 142 valence electrons. The van der Waals surface area contributed by atoms with Gasteiger partial charge in [0.2, 0.25) is 5.78 Å². The third-order valence-corrected chi connectivity index (χ3v) is 5.09. The zero-order valence-corrected chi connectivity index (χ0v) is 15.4. The number of hydrogen-bond donors (Lipinski definition) is 1. The fourth-order valence-corrected chi connectivity index (χ4v) is 3.71. The van der Waals surface area contributed by atoms with Crippen LogP contribution in [-0.4, -0.2) is 50.7 Å². The van der Waals surface area contributed by atoms with Crippen LogP contribution in [0, 0.1) is 12.7 Å². The summed E-state index contributed by atoms with van der Waals surface area (Å²) in [6.45, 7) is 5.58. The van der Waals surface area contributed by atoms with E-state index in [0.29, 0.717) is 5.69 Å². The van der Waals surface area contributed by atoms with E-state index in [2.05, 4.69) is 20.2 Å². The van der Waals surface area contributed by atoms with Crippen LogP contribution in [-0.2, 0) is 0 Å². The average Bonchev–Trinajstić information content (AvgIpc) is 3.30. The molecule has 0 bridgehead atoms. The van der Waals surface area contributed by atoms with Crippen LogP contribution in [0.25, 0.3) is 11.2 Å². The molecule has 5 rings (SSSR count). The number of anilines is 1. The topological polar surface area (TPSA) is 66.9 Å². The van der Waals surface area contributed by atoms with Crippen molar-refractivity contribution >= 4 is 22.6 Å². The second-order valence-electron chi connectivity index (χ2n) is 7.02. The van der Waals surface area contributed by atoms with Crippen LogP contribution in [0.1, 0.15) is 21.9 Å². The van der Waals surface area contributed by atoms with Gasteiger partial charge in [0, 0.05) is 56.0 Å². The Hall–Kier alpha value is -3.26. The van der Waals surface area contributed by atoms with Crippen molar-refractivity contribution in [1.82, 2.24) is 24.1 Å². The predicted octanol–water partition coefficient (Wildman–Crippen LogP) is 2.07. The smallest absolute Gasteiger partial charge is 0.230 e. The van der Waals surface area contributed by atoms with E-state index in [9.17, 15) is 9.18 Å². The number of pyridine rings is 2. The van der Waals surface area contributed by atoms with Gasteiger partial charge in [0.15, 0.2) is 17.3 Å². The molecule has 0 saturated carbocycles. The van der Waals surface area contributed by atoms with Crippen LogP contribution in [0.4, 0.5) is 10.1 Å². The number of fused-ring (bicyclic) bond motifs is 2. The summed E-state index contributed by atoms with van der Waals surface area (Å²) in [7, 11) is 0. The first kappa shape index (κ1) is 16.9. The molecule has 4 aromatic heterocycles. The summed E-state index contributed by atoms with van der Waals surface area (Å²) in [4.78, 5) is 23.7. The first-order chi connectivity index (χ1) is 13.6. The van der Waals surface area contributed by atoms with E-state index in [4.69, 9.17) is 0 Å². The third kappa shape index (κ3) is 2.73. The number of hydrogen-bond acceptors (Lipinski definition) is 5. The number of nitrogens with zero attached hydrogens (tertiary/aromatic N) is 5. The molecule has 4 aromatic rings. The number of imidazole rings is 2. The maximum absolute atomic E-state index is 14.4. The lowest BCUT2D eigenvalue weighted by molar-refractivity contribution is 0.102. The van der Waals surface area contributed by atoms with Gasteiger partial charge in [0.05, 0.1) is 17.4 Å². The van der Waals surface area contributed by atoms with Gasteiger partial charge >= 0.3 is 0 Å². The Morgan fingerprint density at radius 3 is 2.86 bits per heavy atom. The number of ketones is 1. The Kier molecular flexibility index (Phi) is 3.87. The molecule has 1 saturated heterocycles. The first-order valence-corrected chi connectivity index (χ1v) is 9.22. The minimum Gasteiger partial charge on any atom is -0.369 e. The van der Waals surface area contributed by atoms with Gasteiger partial charge in [-0.25, -0.2) is 14.4 Å². The molecule has 0 aliphatic carbocycles. The maximum atomic E-state index is 14.4. The number of carbonyl (C=O) groups is 1. The second-order valence-corrected chi connectivity index (χ2v) is 7.02. The quantitative estimate of drug-likeness (QED) is 0.553. The van der Waals surface area contributed by atoms with Crippen LogP contribution in [0.3, 0.4) is 0 Å². The Bertz CT molecular complexity index is 1200. The summed E-state index contributed by atoms with van der Waals surface area (Å²) in [6.07, 6.45) is 6.81. The van der Waals surface area contributed by atoms with Crippen molar-refractivity contribution in [3.8, 4) is 0 Å². The van der Waals surface area contributed by atoms with Crippen LogP contribution < -0.4 is 10.2 Å². The van der Waals surface area contributed by atoms with E-state index >= 15 is 0 Å². The normalized spacial score (nSPS) is 14.9. The van der Waals surface area contributed by atoms with Gasteiger partial charge < -0.3 is 14.6 Å². The molecule has 0 atom stereocenters. The highest BCUT2D eigenvalue weighted by atomic mass is 19.1. The van der Waals surface area contributed by atoms with Gasteiger partial charge in [-0.3, -0.25) is 9.20 Å². The summed E-state index contributed by atoms with van der Waals surface area (Å²) < 4.78 is 17.6. The molecule has 0 unspecified atom stereocenters. The molecule has 0 aromatic carbocycles. The highest BCUT2D eigenvalue weighted by Crippen LogP contribution is 2.21. The van der Waals surface area contributed by atoms with Crippen LogP contribution >= 0.6 is 0 Å². The fraction of sp³-hybridized carbons (Fsp3) is 0.250. The number of nitrogens with one attached hydrogen (secondary N) is 1.